The Morgan fingerprint density at radius 3 is 2.68 bits per heavy atom. The highest BCUT2D eigenvalue weighted by atomic mass is 16.5. The van der Waals surface area contributed by atoms with Crippen LogP contribution in [0.25, 0.3) is 0 Å². The van der Waals surface area contributed by atoms with E-state index in [1.54, 1.807) is 13.8 Å². The van der Waals surface area contributed by atoms with E-state index >= 15 is 0 Å². The molecular formula is C12H16N2O5. The first kappa shape index (κ1) is 13.5. The zero-order valence-corrected chi connectivity index (χ0v) is 10.8. The van der Waals surface area contributed by atoms with E-state index in [0.717, 1.165) is 0 Å². The van der Waals surface area contributed by atoms with Crippen LogP contribution in [0.3, 0.4) is 0 Å². The zero-order valence-electron chi connectivity index (χ0n) is 10.8. The molecule has 19 heavy (non-hydrogen) atoms. The van der Waals surface area contributed by atoms with Crippen LogP contribution in [0.4, 0.5) is 0 Å². The molecule has 1 aliphatic rings. The molecule has 2 N–H and O–H groups in total. The molecule has 0 spiro atoms. The summed E-state index contributed by atoms with van der Waals surface area (Å²) in [6, 6.07) is -0.956. The lowest BCUT2D eigenvalue weighted by atomic mass is 10.1. The predicted molar refractivity (Wildman–Crippen MR) is 63.4 cm³/mol. The Bertz CT molecular complexity index is 491. The summed E-state index contributed by atoms with van der Waals surface area (Å²) in [5.74, 6) is -0.875. The number of hydrogen-bond acceptors (Lipinski definition) is 5. The van der Waals surface area contributed by atoms with Crippen LogP contribution in [0.5, 0.6) is 0 Å². The van der Waals surface area contributed by atoms with Crippen molar-refractivity contribution in [3.63, 3.8) is 0 Å². The molecule has 1 aromatic heterocycles. The Hall–Kier alpha value is -1.89. The molecule has 2 rings (SSSR count). The summed E-state index contributed by atoms with van der Waals surface area (Å²) in [5.41, 5.74) is 1.30. The topological polar surface area (TPSA) is 104 Å². The highest BCUT2D eigenvalue weighted by molar-refractivity contribution is 5.86. The van der Waals surface area contributed by atoms with E-state index in [1.807, 2.05) is 0 Å². The Balaban J connectivity index is 2.13. The van der Waals surface area contributed by atoms with Gasteiger partial charge in [-0.1, -0.05) is 5.16 Å². The highest BCUT2D eigenvalue weighted by Crippen LogP contribution is 2.21. The summed E-state index contributed by atoms with van der Waals surface area (Å²) in [4.78, 5) is 24.4. The monoisotopic (exact) mass is 268 g/mol. The van der Waals surface area contributed by atoms with Gasteiger partial charge in [0.15, 0.2) is 0 Å². The summed E-state index contributed by atoms with van der Waals surface area (Å²) in [6.45, 7) is 3.49. The third kappa shape index (κ3) is 2.60. The molecule has 0 saturated carbocycles. The fourth-order valence-corrected chi connectivity index (χ4v) is 2.33. The zero-order chi connectivity index (χ0) is 14.2. The number of amides is 1. The largest absolute Gasteiger partial charge is 0.480 e. The van der Waals surface area contributed by atoms with Crippen molar-refractivity contribution in [3.05, 3.63) is 17.0 Å². The number of likely N-dealkylation sites (tertiary alicyclic amines) is 1. The van der Waals surface area contributed by atoms with Crippen molar-refractivity contribution in [2.45, 2.75) is 38.8 Å². The number of nitrogens with zero attached hydrogens (tertiary/aromatic N) is 2. The second kappa shape index (κ2) is 5.00. The molecule has 2 heterocycles. The molecule has 1 fully saturated rings. The van der Waals surface area contributed by atoms with Crippen LogP contribution >= 0.6 is 0 Å². The van der Waals surface area contributed by atoms with Gasteiger partial charge in [-0.25, -0.2) is 4.79 Å². The summed E-state index contributed by atoms with van der Waals surface area (Å²) in [5, 5.41) is 22.3. The molecule has 104 valence electrons. The minimum Gasteiger partial charge on any atom is -0.480 e. The lowest BCUT2D eigenvalue weighted by Crippen LogP contribution is -2.41. The number of aromatic nitrogens is 1. The summed E-state index contributed by atoms with van der Waals surface area (Å²) >= 11 is 0. The Kier molecular flexibility index (Phi) is 3.57. The SMILES string of the molecule is Cc1noc(C)c1CC(=O)N1C[C@H](O)C[C@H]1C(=O)O. The number of carboxylic acid groups (broad SMARTS) is 1. The fourth-order valence-electron chi connectivity index (χ4n) is 2.33. The second-order valence-corrected chi connectivity index (χ2v) is 4.77. The molecule has 1 saturated heterocycles. The number of aliphatic hydroxyl groups is 1. The van der Waals surface area contributed by atoms with Crippen molar-refractivity contribution >= 4 is 11.9 Å². The number of β-amino-alcohol motifs (C(OH)–C–C–N with tert-alkyl or cyclic N) is 1. The summed E-state index contributed by atoms with van der Waals surface area (Å²) in [7, 11) is 0. The Labute approximate surface area is 109 Å². The summed E-state index contributed by atoms with van der Waals surface area (Å²) < 4.78 is 4.97. The molecule has 1 aromatic rings. The van der Waals surface area contributed by atoms with Gasteiger partial charge in [-0.15, -0.1) is 0 Å². The van der Waals surface area contributed by atoms with E-state index in [4.69, 9.17) is 9.63 Å². The van der Waals surface area contributed by atoms with Crippen LogP contribution < -0.4 is 0 Å². The van der Waals surface area contributed by atoms with E-state index in [9.17, 15) is 14.7 Å². The first-order valence-corrected chi connectivity index (χ1v) is 6.02. The number of carboxylic acids is 1. The van der Waals surface area contributed by atoms with E-state index in [0.29, 0.717) is 17.0 Å². The predicted octanol–water partition coefficient (Wildman–Crippen LogP) is -0.120. The standard InChI is InChI=1S/C12H16N2O5/c1-6-9(7(2)19-13-6)4-11(16)14-5-8(15)3-10(14)12(17)18/h8,10,15H,3-5H2,1-2H3,(H,17,18)/t8-,10+/m1/s1. The average molecular weight is 268 g/mol. The second-order valence-electron chi connectivity index (χ2n) is 4.77. The molecule has 1 amide bonds. The normalized spacial score (nSPS) is 22.8. The molecule has 7 nitrogen and oxygen atoms in total. The number of carbonyl (C=O) groups excluding carboxylic acids is 1. The maximum absolute atomic E-state index is 12.2. The molecule has 0 aromatic carbocycles. The highest BCUT2D eigenvalue weighted by Gasteiger charge is 2.39. The van der Waals surface area contributed by atoms with E-state index in [1.165, 1.54) is 4.90 Å². The number of aliphatic hydroxyl groups excluding tert-OH is 1. The van der Waals surface area contributed by atoms with Gasteiger partial charge in [-0.2, -0.15) is 0 Å². The lowest BCUT2D eigenvalue weighted by Gasteiger charge is -2.21. The first-order valence-electron chi connectivity index (χ1n) is 6.02. The maximum Gasteiger partial charge on any atom is 0.326 e. The van der Waals surface area contributed by atoms with Crippen LogP contribution in [-0.2, 0) is 16.0 Å². The smallest absolute Gasteiger partial charge is 0.326 e. The van der Waals surface area contributed by atoms with E-state index < -0.39 is 18.1 Å². The van der Waals surface area contributed by atoms with E-state index in [2.05, 4.69) is 5.16 Å². The molecule has 0 radical (unpaired) electrons. The van der Waals surface area contributed by atoms with Crippen LogP contribution in [0.15, 0.2) is 4.52 Å². The van der Waals surface area contributed by atoms with Crippen LogP contribution in [0.2, 0.25) is 0 Å². The van der Waals surface area contributed by atoms with Gasteiger partial charge in [0, 0.05) is 18.5 Å². The van der Waals surface area contributed by atoms with Crippen LogP contribution in [-0.4, -0.2) is 50.8 Å². The average Bonchev–Trinajstić information content (AvgIpc) is 2.87. The van der Waals surface area contributed by atoms with Crippen LogP contribution in [0.1, 0.15) is 23.4 Å². The number of aryl methyl sites for hydroxylation is 2. The van der Waals surface area contributed by atoms with Crippen molar-refractivity contribution < 1.29 is 24.3 Å². The van der Waals surface area contributed by atoms with Crippen molar-refractivity contribution in [2.75, 3.05) is 6.54 Å². The minimum absolute atomic E-state index is 0.0394. The van der Waals surface area contributed by atoms with Gasteiger partial charge < -0.3 is 19.6 Å². The third-order valence-electron chi connectivity index (χ3n) is 3.39. The minimum atomic E-state index is -1.09. The molecule has 0 bridgehead atoms. The van der Waals surface area contributed by atoms with Gasteiger partial charge in [-0.05, 0) is 13.8 Å². The summed E-state index contributed by atoms with van der Waals surface area (Å²) in [6.07, 6.45) is -0.671. The van der Waals surface area contributed by atoms with E-state index in [-0.39, 0.29) is 25.3 Å². The van der Waals surface area contributed by atoms with Crippen LogP contribution in [0, 0.1) is 13.8 Å². The quantitative estimate of drug-likeness (QED) is 0.792. The van der Waals surface area contributed by atoms with Gasteiger partial charge in [0.2, 0.25) is 5.91 Å². The van der Waals surface area contributed by atoms with Crippen molar-refractivity contribution in [3.8, 4) is 0 Å². The van der Waals surface area contributed by atoms with Gasteiger partial charge in [0.25, 0.3) is 0 Å². The van der Waals surface area contributed by atoms with Crippen molar-refractivity contribution in [2.24, 2.45) is 0 Å². The lowest BCUT2D eigenvalue weighted by molar-refractivity contribution is -0.148. The first-order chi connectivity index (χ1) is 8.90. The molecular weight excluding hydrogens is 252 g/mol. The number of aliphatic carboxylic acids is 1. The van der Waals surface area contributed by atoms with Gasteiger partial charge in [0.05, 0.1) is 18.2 Å². The van der Waals surface area contributed by atoms with Gasteiger partial charge >= 0.3 is 5.97 Å². The molecule has 1 aliphatic heterocycles. The Morgan fingerprint density at radius 2 is 2.16 bits per heavy atom. The number of rotatable bonds is 3. The third-order valence-corrected chi connectivity index (χ3v) is 3.39. The number of carbonyl (C=O) groups is 2. The van der Waals surface area contributed by atoms with Crippen molar-refractivity contribution in [1.82, 2.24) is 10.1 Å². The molecule has 2 atom stereocenters. The van der Waals surface area contributed by atoms with Gasteiger partial charge in [0.1, 0.15) is 11.8 Å². The molecule has 0 aliphatic carbocycles. The Morgan fingerprint density at radius 1 is 1.47 bits per heavy atom. The maximum atomic E-state index is 12.2. The molecule has 0 unspecified atom stereocenters. The number of hydrogen-bond donors (Lipinski definition) is 2. The fraction of sp³-hybridized carbons (Fsp3) is 0.583. The molecule has 7 heteroatoms. The van der Waals surface area contributed by atoms with Gasteiger partial charge in [-0.3, -0.25) is 4.79 Å². The van der Waals surface area contributed by atoms with Crippen molar-refractivity contribution in [1.29, 1.82) is 0 Å².